The predicted octanol–water partition coefficient (Wildman–Crippen LogP) is 2.96. The van der Waals surface area contributed by atoms with Gasteiger partial charge < -0.3 is 11.1 Å². The number of nitrogens with two attached hydrogens (primary N) is 1. The van der Waals surface area contributed by atoms with Gasteiger partial charge in [0, 0.05) is 12.2 Å². The second-order valence-corrected chi connectivity index (χ2v) is 5.89. The van der Waals surface area contributed by atoms with Crippen molar-refractivity contribution in [2.45, 2.75) is 39.5 Å². The molecule has 0 aliphatic heterocycles. The van der Waals surface area contributed by atoms with Crippen molar-refractivity contribution in [2.75, 3.05) is 18.4 Å². The van der Waals surface area contributed by atoms with Crippen molar-refractivity contribution in [3.05, 3.63) is 29.3 Å². The van der Waals surface area contributed by atoms with E-state index in [-0.39, 0.29) is 5.41 Å². The number of aryl methyl sites for hydroxylation is 2. The Morgan fingerprint density at radius 2 is 2.00 bits per heavy atom. The molecule has 0 saturated heterocycles. The van der Waals surface area contributed by atoms with Crippen LogP contribution in [0.3, 0.4) is 0 Å². The van der Waals surface area contributed by atoms with E-state index in [4.69, 9.17) is 5.73 Å². The average molecular weight is 232 g/mol. The molecule has 0 unspecified atom stereocenters. The van der Waals surface area contributed by atoms with E-state index in [0.29, 0.717) is 0 Å². The van der Waals surface area contributed by atoms with Crippen LogP contribution < -0.4 is 11.1 Å². The normalized spacial score (nSPS) is 14.8. The highest BCUT2D eigenvalue weighted by molar-refractivity contribution is 5.50. The molecule has 0 atom stereocenters. The molecular formula is C15H24N2. The van der Waals surface area contributed by atoms with Gasteiger partial charge in [0.05, 0.1) is 0 Å². The topological polar surface area (TPSA) is 38.0 Å². The molecule has 0 fully saturated rings. The molecule has 1 aromatic carbocycles. The monoisotopic (exact) mass is 232 g/mol. The SMILES string of the molecule is CC(C)(CCN)CNc1ccc2c(c1)CCC2. The molecule has 0 spiro atoms. The van der Waals surface area contributed by atoms with Gasteiger partial charge in [-0.3, -0.25) is 0 Å². The molecule has 0 saturated carbocycles. The van der Waals surface area contributed by atoms with Crippen molar-refractivity contribution < 1.29 is 0 Å². The fourth-order valence-corrected chi connectivity index (χ4v) is 2.50. The lowest BCUT2D eigenvalue weighted by Crippen LogP contribution is -2.26. The molecule has 1 aliphatic rings. The average Bonchev–Trinajstić information content (AvgIpc) is 2.73. The smallest absolute Gasteiger partial charge is 0.0343 e. The number of rotatable bonds is 5. The maximum Gasteiger partial charge on any atom is 0.0343 e. The summed E-state index contributed by atoms with van der Waals surface area (Å²) in [5.41, 5.74) is 10.2. The van der Waals surface area contributed by atoms with Gasteiger partial charge in [0.25, 0.3) is 0 Å². The summed E-state index contributed by atoms with van der Waals surface area (Å²) in [4.78, 5) is 0. The highest BCUT2D eigenvalue weighted by Crippen LogP contribution is 2.26. The highest BCUT2D eigenvalue weighted by Gasteiger charge is 2.17. The van der Waals surface area contributed by atoms with Crippen LogP contribution in [0.25, 0.3) is 0 Å². The van der Waals surface area contributed by atoms with E-state index in [1.807, 2.05) is 0 Å². The Labute approximate surface area is 105 Å². The Kier molecular flexibility index (Phi) is 3.72. The molecule has 2 rings (SSSR count). The zero-order valence-electron chi connectivity index (χ0n) is 11.1. The van der Waals surface area contributed by atoms with Gasteiger partial charge in [-0.05, 0) is 60.9 Å². The Morgan fingerprint density at radius 1 is 1.24 bits per heavy atom. The molecule has 1 aliphatic carbocycles. The predicted molar refractivity (Wildman–Crippen MR) is 74.4 cm³/mol. The summed E-state index contributed by atoms with van der Waals surface area (Å²) in [6, 6.07) is 6.81. The first-order valence-electron chi connectivity index (χ1n) is 6.66. The number of benzene rings is 1. The third-order valence-electron chi connectivity index (χ3n) is 3.69. The van der Waals surface area contributed by atoms with E-state index in [1.54, 1.807) is 0 Å². The molecule has 0 bridgehead atoms. The Balaban J connectivity index is 1.95. The molecule has 0 heterocycles. The summed E-state index contributed by atoms with van der Waals surface area (Å²) < 4.78 is 0. The maximum absolute atomic E-state index is 5.63. The number of hydrogen-bond donors (Lipinski definition) is 2. The molecule has 94 valence electrons. The van der Waals surface area contributed by atoms with Crippen molar-refractivity contribution in [1.82, 2.24) is 0 Å². The van der Waals surface area contributed by atoms with Crippen LogP contribution in [0, 0.1) is 5.41 Å². The maximum atomic E-state index is 5.63. The third-order valence-corrected chi connectivity index (χ3v) is 3.69. The fraction of sp³-hybridized carbons (Fsp3) is 0.600. The van der Waals surface area contributed by atoms with E-state index in [9.17, 15) is 0 Å². The molecule has 2 nitrogen and oxygen atoms in total. The second kappa shape index (κ2) is 5.09. The molecular weight excluding hydrogens is 208 g/mol. The lowest BCUT2D eigenvalue weighted by molar-refractivity contribution is 0.365. The summed E-state index contributed by atoms with van der Waals surface area (Å²) in [6.45, 7) is 6.28. The van der Waals surface area contributed by atoms with Crippen molar-refractivity contribution >= 4 is 5.69 Å². The van der Waals surface area contributed by atoms with E-state index < -0.39 is 0 Å². The standard InChI is InChI=1S/C15H24N2/c1-15(2,8-9-16)11-17-14-7-6-12-4-3-5-13(12)10-14/h6-7,10,17H,3-5,8-9,11,16H2,1-2H3. The largest absolute Gasteiger partial charge is 0.385 e. The minimum Gasteiger partial charge on any atom is -0.385 e. The lowest BCUT2D eigenvalue weighted by atomic mass is 9.89. The quantitative estimate of drug-likeness (QED) is 0.819. The van der Waals surface area contributed by atoms with Crippen molar-refractivity contribution in [3.63, 3.8) is 0 Å². The van der Waals surface area contributed by atoms with Crippen molar-refractivity contribution in [2.24, 2.45) is 11.1 Å². The van der Waals surface area contributed by atoms with Gasteiger partial charge in [0.2, 0.25) is 0 Å². The zero-order valence-corrected chi connectivity index (χ0v) is 11.1. The summed E-state index contributed by atoms with van der Waals surface area (Å²) >= 11 is 0. The Hall–Kier alpha value is -1.02. The molecule has 17 heavy (non-hydrogen) atoms. The number of fused-ring (bicyclic) bond motifs is 1. The Bertz CT molecular complexity index is 383. The van der Waals surface area contributed by atoms with Gasteiger partial charge in [-0.2, -0.15) is 0 Å². The van der Waals surface area contributed by atoms with Gasteiger partial charge in [0.1, 0.15) is 0 Å². The summed E-state index contributed by atoms with van der Waals surface area (Å²) in [7, 11) is 0. The zero-order chi connectivity index (χ0) is 12.3. The van der Waals surface area contributed by atoms with Crippen LogP contribution in [-0.2, 0) is 12.8 Å². The Morgan fingerprint density at radius 3 is 2.76 bits per heavy atom. The van der Waals surface area contributed by atoms with Gasteiger partial charge in [-0.1, -0.05) is 19.9 Å². The van der Waals surface area contributed by atoms with Crippen LogP contribution in [-0.4, -0.2) is 13.1 Å². The van der Waals surface area contributed by atoms with Gasteiger partial charge in [-0.25, -0.2) is 0 Å². The van der Waals surface area contributed by atoms with Crippen molar-refractivity contribution in [3.8, 4) is 0 Å². The molecule has 0 amide bonds. The number of nitrogens with one attached hydrogen (secondary N) is 1. The van der Waals surface area contributed by atoms with Crippen LogP contribution in [0.2, 0.25) is 0 Å². The first-order valence-corrected chi connectivity index (χ1v) is 6.66. The van der Waals surface area contributed by atoms with Crippen molar-refractivity contribution in [1.29, 1.82) is 0 Å². The minimum absolute atomic E-state index is 0.272. The van der Waals surface area contributed by atoms with Crippen LogP contribution in [0.5, 0.6) is 0 Å². The molecule has 1 aromatic rings. The van der Waals surface area contributed by atoms with Crippen LogP contribution >= 0.6 is 0 Å². The first kappa shape index (κ1) is 12.4. The summed E-state index contributed by atoms with van der Waals surface area (Å²) in [5, 5.41) is 3.54. The minimum atomic E-state index is 0.272. The van der Waals surface area contributed by atoms with E-state index in [2.05, 4.69) is 37.4 Å². The number of anilines is 1. The molecule has 0 radical (unpaired) electrons. The fourth-order valence-electron chi connectivity index (χ4n) is 2.50. The summed E-state index contributed by atoms with van der Waals surface area (Å²) in [6.07, 6.45) is 4.88. The van der Waals surface area contributed by atoms with E-state index in [0.717, 1.165) is 19.5 Å². The van der Waals surface area contributed by atoms with Crippen LogP contribution in [0.1, 0.15) is 37.8 Å². The number of hydrogen-bond acceptors (Lipinski definition) is 2. The highest BCUT2D eigenvalue weighted by atomic mass is 14.9. The van der Waals surface area contributed by atoms with Gasteiger partial charge >= 0.3 is 0 Å². The van der Waals surface area contributed by atoms with Gasteiger partial charge in [-0.15, -0.1) is 0 Å². The van der Waals surface area contributed by atoms with Crippen LogP contribution in [0.4, 0.5) is 5.69 Å². The van der Waals surface area contributed by atoms with E-state index in [1.165, 1.54) is 36.1 Å². The first-order chi connectivity index (χ1) is 8.11. The summed E-state index contributed by atoms with van der Waals surface area (Å²) in [5.74, 6) is 0. The molecule has 0 aromatic heterocycles. The van der Waals surface area contributed by atoms with Gasteiger partial charge in [0.15, 0.2) is 0 Å². The molecule has 2 heteroatoms. The molecule has 3 N–H and O–H groups in total. The van der Waals surface area contributed by atoms with Crippen LogP contribution in [0.15, 0.2) is 18.2 Å². The third kappa shape index (κ3) is 3.22. The lowest BCUT2D eigenvalue weighted by Gasteiger charge is -2.25. The second-order valence-electron chi connectivity index (χ2n) is 5.89. The van der Waals surface area contributed by atoms with E-state index >= 15 is 0 Å².